The molecule has 2 aliphatic carbocycles. The van der Waals surface area contributed by atoms with Crippen molar-refractivity contribution in [3.05, 3.63) is 24.3 Å². The summed E-state index contributed by atoms with van der Waals surface area (Å²) in [6, 6.07) is 0. The van der Waals surface area contributed by atoms with Gasteiger partial charge in [0.05, 0.1) is 13.2 Å². The fraction of sp³-hybridized carbons (Fsp3) is 0.556. The van der Waals surface area contributed by atoms with E-state index in [0.717, 1.165) is 18.8 Å². The Hall–Kier alpha value is -0.600. The number of hydrogen-bond donors (Lipinski definition) is 0. The molecule has 0 aromatic heterocycles. The topological polar surface area (TPSA) is 18.5 Å². The average molecular weight is 150 g/mol. The lowest BCUT2D eigenvalue weighted by Crippen LogP contribution is -2.15. The van der Waals surface area contributed by atoms with Crippen LogP contribution in [0, 0.1) is 11.8 Å². The van der Waals surface area contributed by atoms with Crippen LogP contribution in [0.15, 0.2) is 24.3 Å². The van der Waals surface area contributed by atoms with E-state index in [1.807, 2.05) is 0 Å². The van der Waals surface area contributed by atoms with Gasteiger partial charge in [0.1, 0.15) is 0 Å². The molecular formula is C9H10O2. The van der Waals surface area contributed by atoms with Crippen molar-refractivity contribution >= 4 is 0 Å². The quantitative estimate of drug-likeness (QED) is 0.515. The molecule has 3 aliphatic rings. The second-order valence-electron chi connectivity index (χ2n) is 3.36. The SMILES string of the molecule is C=C1C=CC2C1C21OCCO1. The van der Waals surface area contributed by atoms with Crippen molar-refractivity contribution in [2.75, 3.05) is 13.2 Å². The highest BCUT2D eigenvalue weighted by Crippen LogP contribution is 2.63. The molecule has 1 heterocycles. The first-order chi connectivity index (χ1) is 5.34. The molecule has 2 unspecified atom stereocenters. The molecule has 0 aromatic carbocycles. The van der Waals surface area contributed by atoms with E-state index in [9.17, 15) is 0 Å². The van der Waals surface area contributed by atoms with Gasteiger partial charge in [-0.3, -0.25) is 0 Å². The zero-order valence-electron chi connectivity index (χ0n) is 6.25. The van der Waals surface area contributed by atoms with E-state index in [4.69, 9.17) is 9.47 Å². The summed E-state index contributed by atoms with van der Waals surface area (Å²) < 4.78 is 11.1. The molecule has 3 rings (SSSR count). The number of rotatable bonds is 0. The van der Waals surface area contributed by atoms with Crippen molar-refractivity contribution in [2.45, 2.75) is 5.79 Å². The van der Waals surface area contributed by atoms with E-state index in [-0.39, 0.29) is 5.79 Å². The Kier molecular flexibility index (Phi) is 0.866. The summed E-state index contributed by atoms with van der Waals surface area (Å²) in [7, 11) is 0. The third kappa shape index (κ3) is 0.522. The van der Waals surface area contributed by atoms with Crippen molar-refractivity contribution in [3.63, 3.8) is 0 Å². The molecule has 2 atom stereocenters. The van der Waals surface area contributed by atoms with Crippen LogP contribution in [0.4, 0.5) is 0 Å². The molecule has 11 heavy (non-hydrogen) atoms. The van der Waals surface area contributed by atoms with Gasteiger partial charge in [0.25, 0.3) is 0 Å². The maximum Gasteiger partial charge on any atom is 0.183 e. The highest BCUT2D eigenvalue weighted by Gasteiger charge is 2.70. The van der Waals surface area contributed by atoms with E-state index in [0.29, 0.717) is 11.8 Å². The lowest BCUT2D eigenvalue weighted by molar-refractivity contribution is -0.0862. The van der Waals surface area contributed by atoms with Gasteiger partial charge in [-0.2, -0.15) is 0 Å². The summed E-state index contributed by atoms with van der Waals surface area (Å²) >= 11 is 0. The number of allylic oxidation sites excluding steroid dienone is 1. The monoisotopic (exact) mass is 150 g/mol. The van der Waals surface area contributed by atoms with E-state index < -0.39 is 0 Å². The zero-order valence-corrected chi connectivity index (χ0v) is 6.25. The molecule has 0 N–H and O–H groups in total. The van der Waals surface area contributed by atoms with Crippen molar-refractivity contribution in [1.29, 1.82) is 0 Å². The molecule has 0 amide bonds. The van der Waals surface area contributed by atoms with Crippen molar-refractivity contribution < 1.29 is 9.47 Å². The molecule has 1 saturated carbocycles. The number of ether oxygens (including phenoxy) is 2. The van der Waals surface area contributed by atoms with Crippen LogP contribution in [0.3, 0.4) is 0 Å². The van der Waals surface area contributed by atoms with E-state index in [1.54, 1.807) is 0 Å². The van der Waals surface area contributed by atoms with E-state index in [2.05, 4.69) is 18.7 Å². The smallest absolute Gasteiger partial charge is 0.183 e. The first-order valence-corrected chi connectivity index (χ1v) is 3.99. The van der Waals surface area contributed by atoms with Crippen molar-refractivity contribution in [2.24, 2.45) is 11.8 Å². The van der Waals surface area contributed by atoms with Crippen molar-refractivity contribution in [3.8, 4) is 0 Å². The lowest BCUT2D eigenvalue weighted by Gasteiger charge is -2.09. The van der Waals surface area contributed by atoms with Crippen LogP contribution in [-0.4, -0.2) is 19.0 Å². The summed E-state index contributed by atoms with van der Waals surface area (Å²) in [6.07, 6.45) is 4.23. The van der Waals surface area contributed by atoms with Gasteiger partial charge in [-0.15, -0.1) is 0 Å². The minimum atomic E-state index is -0.258. The maximum atomic E-state index is 5.55. The fourth-order valence-electron chi connectivity index (χ4n) is 2.25. The lowest BCUT2D eigenvalue weighted by atomic mass is 10.2. The molecule has 1 aliphatic heterocycles. The van der Waals surface area contributed by atoms with Gasteiger partial charge < -0.3 is 9.47 Å². The summed E-state index contributed by atoms with van der Waals surface area (Å²) in [4.78, 5) is 0. The van der Waals surface area contributed by atoms with E-state index >= 15 is 0 Å². The molecule has 0 radical (unpaired) electrons. The molecule has 1 spiro atoms. The Morgan fingerprint density at radius 2 is 2.18 bits per heavy atom. The van der Waals surface area contributed by atoms with Gasteiger partial charge in [-0.1, -0.05) is 18.7 Å². The normalized spacial score (nSPS) is 43.5. The molecule has 58 valence electrons. The minimum Gasteiger partial charge on any atom is -0.346 e. The summed E-state index contributed by atoms with van der Waals surface area (Å²) in [6.45, 7) is 5.44. The minimum absolute atomic E-state index is 0.258. The standard InChI is InChI=1S/C9H10O2/c1-6-2-3-7-8(6)9(7)10-4-5-11-9/h2-3,7-8H,1,4-5H2. The molecule has 2 fully saturated rings. The summed E-state index contributed by atoms with van der Waals surface area (Å²) in [5, 5.41) is 0. The van der Waals surface area contributed by atoms with Crippen LogP contribution in [0.25, 0.3) is 0 Å². The number of hydrogen-bond acceptors (Lipinski definition) is 2. The third-order valence-electron chi connectivity index (χ3n) is 2.80. The molecule has 0 bridgehead atoms. The maximum absolute atomic E-state index is 5.55. The molecule has 0 aromatic rings. The fourth-order valence-corrected chi connectivity index (χ4v) is 2.25. The first-order valence-electron chi connectivity index (χ1n) is 3.99. The largest absolute Gasteiger partial charge is 0.346 e. The van der Waals surface area contributed by atoms with Crippen LogP contribution in [0.1, 0.15) is 0 Å². The van der Waals surface area contributed by atoms with Gasteiger partial charge >= 0.3 is 0 Å². The Labute approximate surface area is 65.5 Å². The predicted octanol–water partition coefficient (Wildman–Crippen LogP) is 1.10. The highest BCUT2D eigenvalue weighted by atomic mass is 16.7. The summed E-state index contributed by atoms with van der Waals surface area (Å²) in [5.41, 5.74) is 1.16. The Balaban J connectivity index is 1.96. The molecule has 2 heteroatoms. The van der Waals surface area contributed by atoms with Gasteiger partial charge in [0.15, 0.2) is 5.79 Å². The second-order valence-corrected chi connectivity index (χ2v) is 3.36. The third-order valence-corrected chi connectivity index (χ3v) is 2.80. The van der Waals surface area contributed by atoms with E-state index in [1.165, 1.54) is 0 Å². The average Bonchev–Trinajstić information content (AvgIpc) is 2.30. The van der Waals surface area contributed by atoms with Gasteiger partial charge in [0, 0.05) is 11.8 Å². The van der Waals surface area contributed by atoms with Crippen LogP contribution < -0.4 is 0 Å². The van der Waals surface area contributed by atoms with Crippen LogP contribution in [0.2, 0.25) is 0 Å². The van der Waals surface area contributed by atoms with Crippen molar-refractivity contribution in [1.82, 2.24) is 0 Å². The Bertz CT molecular complexity index is 248. The van der Waals surface area contributed by atoms with Crippen LogP contribution in [-0.2, 0) is 9.47 Å². The molecule has 1 saturated heterocycles. The molecule has 2 nitrogen and oxygen atoms in total. The first kappa shape index (κ1) is 5.98. The van der Waals surface area contributed by atoms with Gasteiger partial charge in [-0.25, -0.2) is 0 Å². The zero-order chi connectivity index (χ0) is 7.47. The number of fused-ring (bicyclic) bond motifs is 3. The highest BCUT2D eigenvalue weighted by molar-refractivity contribution is 5.42. The van der Waals surface area contributed by atoms with Crippen LogP contribution >= 0.6 is 0 Å². The Morgan fingerprint density at radius 1 is 1.45 bits per heavy atom. The van der Waals surface area contributed by atoms with Gasteiger partial charge in [0.2, 0.25) is 0 Å². The Morgan fingerprint density at radius 3 is 2.73 bits per heavy atom. The van der Waals surface area contributed by atoms with Crippen LogP contribution in [0.5, 0.6) is 0 Å². The predicted molar refractivity (Wildman–Crippen MR) is 39.9 cm³/mol. The summed E-state index contributed by atoms with van der Waals surface area (Å²) in [5.74, 6) is 0.647. The molecular weight excluding hydrogens is 140 g/mol. The second kappa shape index (κ2) is 1.59. The van der Waals surface area contributed by atoms with Gasteiger partial charge in [-0.05, 0) is 5.57 Å².